The van der Waals surface area contributed by atoms with Crippen LogP contribution >= 0.6 is 12.2 Å². The molecular formula is C25H31N3O5S2. The largest absolute Gasteiger partial charge is 0.465 e. The number of anilines is 1. The number of carbonyl (C=O) groups excluding carboxylic acids is 2. The first kappa shape index (κ1) is 26.8. The fraction of sp³-hybridized carbons (Fsp3) is 0.400. The van der Waals surface area contributed by atoms with E-state index in [2.05, 4.69) is 15.4 Å². The second-order valence-electron chi connectivity index (χ2n) is 8.44. The van der Waals surface area contributed by atoms with E-state index in [1.807, 2.05) is 30.3 Å². The molecule has 10 heteroatoms. The minimum absolute atomic E-state index is 0.0181. The summed E-state index contributed by atoms with van der Waals surface area (Å²) < 4.78 is 33.1. The van der Waals surface area contributed by atoms with Crippen molar-refractivity contribution in [1.29, 1.82) is 0 Å². The normalized spacial score (nSPS) is 14.2. The molecule has 0 heterocycles. The van der Waals surface area contributed by atoms with Crippen LogP contribution in [0.2, 0.25) is 0 Å². The first-order chi connectivity index (χ1) is 16.8. The number of thiocarbonyl (C=S) groups is 1. The van der Waals surface area contributed by atoms with E-state index >= 15 is 0 Å². The Morgan fingerprint density at radius 2 is 1.63 bits per heavy atom. The molecule has 35 heavy (non-hydrogen) atoms. The number of ether oxygens (including phenoxy) is 1. The summed E-state index contributed by atoms with van der Waals surface area (Å²) >= 11 is 5.14. The second-order valence-corrected chi connectivity index (χ2v) is 10.6. The van der Waals surface area contributed by atoms with Gasteiger partial charge in [-0.3, -0.25) is 9.59 Å². The molecule has 1 fully saturated rings. The van der Waals surface area contributed by atoms with Gasteiger partial charge in [-0.05, 0) is 54.9 Å². The summed E-state index contributed by atoms with van der Waals surface area (Å²) in [5, 5.41) is 5.41. The lowest BCUT2D eigenvalue weighted by molar-refractivity contribution is -0.144. The molecule has 0 spiro atoms. The zero-order valence-corrected chi connectivity index (χ0v) is 21.1. The van der Waals surface area contributed by atoms with Crippen molar-refractivity contribution >= 4 is 44.9 Å². The van der Waals surface area contributed by atoms with Crippen LogP contribution in [0, 0.1) is 0 Å². The van der Waals surface area contributed by atoms with Crippen LogP contribution in [0.25, 0.3) is 0 Å². The monoisotopic (exact) mass is 517 g/mol. The quantitative estimate of drug-likeness (QED) is 0.325. The molecule has 1 aliphatic rings. The number of benzene rings is 2. The van der Waals surface area contributed by atoms with Gasteiger partial charge in [0.05, 0.1) is 17.9 Å². The Kier molecular flexibility index (Phi) is 10.2. The Labute approximate surface area is 211 Å². The summed E-state index contributed by atoms with van der Waals surface area (Å²) in [5.41, 5.74) is 1.60. The highest BCUT2D eigenvalue weighted by molar-refractivity contribution is 7.89. The van der Waals surface area contributed by atoms with Crippen LogP contribution < -0.4 is 15.4 Å². The molecule has 1 saturated carbocycles. The lowest BCUT2D eigenvalue weighted by Crippen LogP contribution is -2.36. The van der Waals surface area contributed by atoms with Gasteiger partial charge in [-0.1, -0.05) is 49.6 Å². The molecule has 0 aliphatic heterocycles. The summed E-state index contributed by atoms with van der Waals surface area (Å²) in [5.74, 6) is -0.869. The van der Waals surface area contributed by atoms with Crippen molar-refractivity contribution in [2.75, 3.05) is 11.9 Å². The van der Waals surface area contributed by atoms with E-state index in [1.54, 1.807) is 12.1 Å². The Hall–Kier alpha value is -2.82. The highest BCUT2D eigenvalue weighted by atomic mass is 32.2. The maximum absolute atomic E-state index is 12.6. The molecule has 2 aromatic carbocycles. The average Bonchev–Trinajstić information content (AvgIpc) is 2.84. The van der Waals surface area contributed by atoms with Crippen LogP contribution in [0.1, 0.15) is 50.5 Å². The smallest absolute Gasteiger partial charge is 0.306 e. The molecule has 1 aliphatic carbocycles. The molecule has 0 unspecified atom stereocenters. The van der Waals surface area contributed by atoms with Crippen LogP contribution in [0.3, 0.4) is 0 Å². The van der Waals surface area contributed by atoms with E-state index in [-0.39, 0.29) is 35.5 Å². The molecule has 0 atom stereocenters. The number of hydrogen-bond acceptors (Lipinski definition) is 6. The molecule has 1 amide bonds. The SMILES string of the molecule is O=C(CCC(=O)OCCc1ccccc1)NC(=S)Nc1ccc(S(=O)(=O)NC2CCCCC2)cc1. The first-order valence-electron chi connectivity index (χ1n) is 11.7. The molecule has 3 N–H and O–H groups in total. The predicted molar refractivity (Wildman–Crippen MR) is 138 cm³/mol. The number of sulfonamides is 1. The molecular weight excluding hydrogens is 486 g/mol. The maximum atomic E-state index is 12.6. The fourth-order valence-corrected chi connectivity index (χ4v) is 5.33. The lowest BCUT2D eigenvalue weighted by Gasteiger charge is -2.22. The van der Waals surface area contributed by atoms with Crippen LogP contribution in [0.15, 0.2) is 59.5 Å². The van der Waals surface area contributed by atoms with Gasteiger partial charge in [0.2, 0.25) is 15.9 Å². The van der Waals surface area contributed by atoms with Gasteiger partial charge >= 0.3 is 5.97 Å². The van der Waals surface area contributed by atoms with Gasteiger partial charge < -0.3 is 15.4 Å². The maximum Gasteiger partial charge on any atom is 0.306 e. The number of esters is 1. The topological polar surface area (TPSA) is 114 Å². The van der Waals surface area contributed by atoms with Gasteiger partial charge in [-0.25, -0.2) is 13.1 Å². The number of hydrogen-bond donors (Lipinski definition) is 3. The number of amides is 1. The molecule has 0 aromatic heterocycles. The van der Waals surface area contributed by atoms with Crippen molar-refractivity contribution in [2.24, 2.45) is 0 Å². The van der Waals surface area contributed by atoms with E-state index in [9.17, 15) is 18.0 Å². The molecule has 0 saturated heterocycles. The van der Waals surface area contributed by atoms with E-state index in [0.717, 1.165) is 37.7 Å². The highest BCUT2D eigenvalue weighted by Gasteiger charge is 2.21. The van der Waals surface area contributed by atoms with Gasteiger partial charge in [0.1, 0.15) is 0 Å². The van der Waals surface area contributed by atoms with E-state index in [0.29, 0.717) is 12.1 Å². The predicted octanol–water partition coefficient (Wildman–Crippen LogP) is 3.68. The third kappa shape index (κ3) is 9.39. The summed E-state index contributed by atoms with van der Waals surface area (Å²) in [6.45, 7) is 0.256. The van der Waals surface area contributed by atoms with Crippen molar-refractivity contribution in [1.82, 2.24) is 10.0 Å². The molecule has 0 bridgehead atoms. The number of rotatable bonds is 10. The Morgan fingerprint density at radius 1 is 0.943 bits per heavy atom. The lowest BCUT2D eigenvalue weighted by atomic mass is 9.96. The zero-order chi connectivity index (χ0) is 25.1. The first-order valence-corrected chi connectivity index (χ1v) is 13.6. The van der Waals surface area contributed by atoms with Gasteiger partial charge in [0.25, 0.3) is 0 Å². The number of carbonyl (C=O) groups is 2. The molecule has 0 radical (unpaired) electrons. The van der Waals surface area contributed by atoms with Crippen molar-refractivity contribution in [3.05, 3.63) is 60.2 Å². The Morgan fingerprint density at radius 3 is 2.31 bits per heavy atom. The van der Waals surface area contributed by atoms with Crippen LogP contribution in [0.5, 0.6) is 0 Å². The summed E-state index contributed by atoms with van der Waals surface area (Å²) in [7, 11) is -3.59. The summed E-state index contributed by atoms with van der Waals surface area (Å²) in [6.07, 6.45) is 5.44. The average molecular weight is 518 g/mol. The molecule has 2 aromatic rings. The Bertz CT molecular complexity index is 1100. The minimum atomic E-state index is -3.59. The van der Waals surface area contributed by atoms with Gasteiger partial charge in [-0.15, -0.1) is 0 Å². The van der Waals surface area contributed by atoms with Crippen molar-refractivity contribution < 1.29 is 22.7 Å². The highest BCUT2D eigenvalue weighted by Crippen LogP contribution is 2.20. The summed E-state index contributed by atoms with van der Waals surface area (Å²) in [6, 6.07) is 15.8. The van der Waals surface area contributed by atoms with Gasteiger partial charge in [0, 0.05) is 24.6 Å². The van der Waals surface area contributed by atoms with Crippen LogP contribution in [-0.2, 0) is 30.8 Å². The molecule has 3 rings (SSSR count). The van der Waals surface area contributed by atoms with Gasteiger partial charge in [0.15, 0.2) is 5.11 Å². The molecule has 188 valence electrons. The van der Waals surface area contributed by atoms with Crippen LogP contribution in [0.4, 0.5) is 5.69 Å². The Balaban J connectivity index is 1.36. The minimum Gasteiger partial charge on any atom is -0.465 e. The van der Waals surface area contributed by atoms with Gasteiger partial charge in [-0.2, -0.15) is 0 Å². The van der Waals surface area contributed by atoms with Crippen molar-refractivity contribution in [3.63, 3.8) is 0 Å². The fourth-order valence-electron chi connectivity index (χ4n) is 3.79. The van der Waals surface area contributed by atoms with Crippen molar-refractivity contribution in [3.8, 4) is 0 Å². The van der Waals surface area contributed by atoms with E-state index in [4.69, 9.17) is 17.0 Å². The van der Waals surface area contributed by atoms with Crippen molar-refractivity contribution in [2.45, 2.75) is 62.3 Å². The third-order valence-electron chi connectivity index (χ3n) is 5.66. The summed E-state index contributed by atoms with van der Waals surface area (Å²) in [4.78, 5) is 24.1. The van der Waals surface area contributed by atoms with E-state index in [1.165, 1.54) is 12.1 Å². The van der Waals surface area contributed by atoms with E-state index < -0.39 is 21.9 Å². The standard InChI is InChI=1S/C25H31N3O5S2/c29-23(15-16-24(30)33-18-17-19-7-3-1-4-8-19)27-25(34)26-20-11-13-22(14-12-20)35(31,32)28-21-9-5-2-6-10-21/h1,3-4,7-8,11-14,21,28H,2,5-6,9-10,15-18H2,(H2,26,27,29,34). The second kappa shape index (κ2) is 13.3. The number of nitrogens with one attached hydrogen (secondary N) is 3. The third-order valence-corrected chi connectivity index (χ3v) is 7.40. The zero-order valence-electron chi connectivity index (χ0n) is 19.5. The molecule has 8 nitrogen and oxygen atoms in total. The van der Waals surface area contributed by atoms with Crippen LogP contribution in [-0.4, -0.2) is 38.1 Å².